The Bertz CT molecular complexity index is 875. The Morgan fingerprint density at radius 1 is 1.04 bits per heavy atom. The second-order valence-corrected chi connectivity index (χ2v) is 6.12. The number of anilines is 1. The second-order valence-electron chi connectivity index (χ2n) is 6.12. The fourth-order valence-corrected chi connectivity index (χ4v) is 2.90. The number of nitrogens with zero attached hydrogens (tertiary/aromatic N) is 1. The number of carbonyl (C=O) groups excluding carboxylic acids is 1. The first-order chi connectivity index (χ1) is 12.2. The molecule has 0 aliphatic carbocycles. The summed E-state index contributed by atoms with van der Waals surface area (Å²) in [6, 6.07) is 16.1. The van der Waals surface area contributed by atoms with Crippen LogP contribution in [-0.2, 0) is 4.79 Å². The number of ketones is 1. The molecule has 0 bridgehead atoms. The van der Waals surface area contributed by atoms with Crippen LogP contribution in [0.5, 0.6) is 0 Å². The molecule has 2 aromatic carbocycles. The van der Waals surface area contributed by atoms with E-state index < -0.39 is 5.92 Å². The largest absolute Gasteiger partial charge is 0.396 e. The Labute approximate surface area is 146 Å². The number of rotatable bonds is 8. The van der Waals surface area contributed by atoms with Crippen LogP contribution >= 0.6 is 0 Å². The molecule has 0 saturated carbocycles. The van der Waals surface area contributed by atoms with E-state index in [-0.39, 0.29) is 19.0 Å². The smallest absolute Gasteiger partial charge is 0.140 e. The molecule has 3 aromatic rings. The molecule has 130 valence electrons. The fraction of sp³-hybridized carbons (Fsp3) is 0.300. The van der Waals surface area contributed by atoms with Crippen LogP contribution in [0.25, 0.3) is 21.8 Å². The van der Waals surface area contributed by atoms with Gasteiger partial charge >= 0.3 is 0 Å². The van der Waals surface area contributed by atoms with Gasteiger partial charge in [0.15, 0.2) is 0 Å². The van der Waals surface area contributed by atoms with Crippen LogP contribution in [0.4, 0.5) is 5.69 Å². The van der Waals surface area contributed by atoms with Crippen LogP contribution in [0.2, 0.25) is 0 Å². The zero-order chi connectivity index (χ0) is 17.6. The molecule has 25 heavy (non-hydrogen) atoms. The summed E-state index contributed by atoms with van der Waals surface area (Å²) in [5.41, 5.74) is 2.81. The van der Waals surface area contributed by atoms with Crippen molar-refractivity contribution in [2.45, 2.75) is 12.8 Å². The van der Waals surface area contributed by atoms with Crippen LogP contribution < -0.4 is 5.32 Å². The number of fused-ring (bicyclic) bond motifs is 2. The number of aliphatic hydroxyl groups excluding tert-OH is 2. The lowest BCUT2D eigenvalue weighted by Crippen LogP contribution is -2.22. The van der Waals surface area contributed by atoms with Gasteiger partial charge in [0, 0.05) is 23.7 Å². The highest BCUT2D eigenvalue weighted by molar-refractivity contribution is 5.98. The fourth-order valence-electron chi connectivity index (χ4n) is 2.90. The molecule has 1 heterocycles. The summed E-state index contributed by atoms with van der Waals surface area (Å²) in [5, 5.41) is 23.6. The lowest BCUT2D eigenvalue weighted by molar-refractivity contribution is -0.125. The molecule has 0 radical (unpaired) electrons. The molecule has 1 aromatic heterocycles. The van der Waals surface area contributed by atoms with Gasteiger partial charge in [0.1, 0.15) is 5.78 Å². The average molecular weight is 338 g/mol. The molecule has 5 nitrogen and oxygen atoms in total. The molecule has 0 amide bonds. The zero-order valence-electron chi connectivity index (χ0n) is 14.0. The normalized spacial score (nSPS) is 11.3. The van der Waals surface area contributed by atoms with E-state index in [4.69, 9.17) is 15.2 Å². The Morgan fingerprint density at radius 3 is 2.60 bits per heavy atom. The van der Waals surface area contributed by atoms with Crippen LogP contribution in [0.15, 0.2) is 48.5 Å². The maximum Gasteiger partial charge on any atom is 0.140 e. The van der Waals surface area contributed by atoms with E-state index >= 15 is 0 Å². The Balaban J connectivity index is 1.69. The summed E-state index contributed by atoms with van der Waals surface area (Å²) in [7, 11) is 0. The van der Waals surface area contributed by atoms with Gasteiger partial charge in [0.05, 0.1) is 35.9 Å². The van der Waals surface area contributed by atoms with Crippen LogP contribution in [0, 0.1) is 5.92 Å². The summed E-state index contributed by atoms with van der Waals surface area (Å²) in [4.78, 5) is 16.6. The van der Waals surface area contributed by atoms with E-state index in [2.05, 4.69) is 11.4 Å². The van der Waals surface area contributed by atoms with Gasteiger partial charge in [0.2, 0.25) is 0 Å². The molecule has 0 spiro atoms. The minimum absolute atomic E-state index is 0.103. The molecule has 3 rings (SSSR count). The number of hydrogen-bond donors (Lipinski definition) is 3. The van der Waals surface area contributed by atoms with E-state index in [0.29, 0.717) is 19.4 Å². The van der Waals surface area contributed by atoms with Crippen molar-refractivity contribution >= 4 is 33.3 Å². The van der Waals surface area contributed by atoms with E-state index in [1.165, 1.54) is 0 Å². The van der Waals surface area contributed by atoms with E-state index in [0.717, 1.165) is 27.5 Å². The van der Waals surface area contributed by atoms with Gasteiger partial charge in [-0.3, -0.25) is 4.79 Å². The SMILES string of the molecule is O=C(CCCNc1cccc2cc3ccccc3nc12)C(CO)CO. The second kappa shape index (κ2) is 8.05. The first-order valence-corrected chi connectivity index (χ1v) is 8.49. The predicted octanol–water partition coefficient (Wildman–Crippen LogP) is 2.75. The van der Waals surface area contributed by atoms with Gasteiger partial charge in [-0.25, -0.2) is 4.98 Å². The molecular weight excluding hydrogens is 316 g/mol. The number of carbonyl (C=O) groups is 1. The van der Waals surface area contributed by atoms with Gasteiger partial charge in [-0.1, -0.05) is 30.3 Å². The third kappa shape index (κ3) is 3.95. The van der Waals surface area contributed by atoms with Crippen molar-refractivity contribution in [2.24, 2.45) is 5.92 Å². The first-order valence-electron chi connectivity index (χ1n) is 8.49. The molecule has 0 aliphatic rings. The Morgan fingerprint density at radius 2 is 1.80 bits per heavy atom. The molecule has 0 saturated heterocycles. The van der Waals surface area contributed by atoms with E-state index in [1.54, 1.807) is 0 Å². The number of Topliss-reactive ketones (excluding diaryl/α,β-unsaturated/α-hetero) is 1. The Hall–Kier alpha value is -2.50. The van der Waals surface area contributed by atoms with Crippen molar-refractivity contribution in [1.29, 1.82) is 0 Å². The minimum atomic E-state index is -0.661. The lowest BCUT2D eigenvalue weighted by atomic mass is 10.0. The number of pyridine rings is 1. The molecule has 0 unspecified atom stereocenters. The van der Waals surface area contributed by atoms with Crippen molar-refractivity contribution in [3.63, 3.8) is 0 Å². The predicted molar refractivity (Wildman–Crippen MR) is 99.6 cm³/mol. The summed E-state index contributed by atoms with van der Waals surface area (Å²) in [6.07, 6.45) is 0.971. The average Bonchev–Trinajstić information content (AvgIpc) is 2.64. The summed E-state index contributed by atoms with van der Waals surface area (Å²) >= 11 is 0. The molecule has 3 N–H and O–H groups in total. The van der Waals surface area contributed by atoms with Crippen LogP contribution in [-0.4, -0.2) is 40.7 Å². The molecule has 0 fully saturated rings. The third-order valence-electron chi connectivity index (χ3n) is 4.36. The van der Waals surface area contributed by atoms with Crippen molar-refractivity contribution < 1.29 is 15.0 Å². The summed E-state index contributed by atoms with van der Waals surface area (Å²) in [6.45, 7) is 0.0229. The standard InChI is InChI=1S/C20H22N2O3/c23-12-16(13-24)19(25)9-4-10-21-18-8-3-6-15-11-14-5-1-2-7-17(14)22-20(15)18/h1-3,5-8,11,16,21,23-24H,4,9-10,12-13H2. The quantitative estimate of drug-likeness (QED) is 0.434. The van der Waals surface area contributed by atoms with Gasteiger partial charge in [-0.2, -0.15) is 0 Å². The highest BCUT2D eigenvalue weighted by atomic mass is 16.3. The summed E-state index contributed by atoms with van der Waals surface area (Å²) in [5.74, 6) is -0.764. The molecule has 5 heteroatoms. The Kier molecular flexibility index (Phi) is 5.58. The van der Waals surface area contributed by atoms with E-state index in [1.807, 2.05) is 42.5 Å². The van der Waals surface area contributed by atoms with Crippen molar-refractivity contribution in [3.05, 3.63) is 48.5 Å². The highest BCUT2D eigenvalue weighted by Gasteiger charge is 2.15. The van der Waals surface area contributed by atoms with E-state index in [9.17, 15) is 4.79 Å². The maximum absolute atomic E-state index is 11.8. The monoisotopic (exact) mass is 338 g/mol. The van der Waals surface area contributed by atoms with Gasteiger partial charge in [0.25, 0.3) is 0 Å². The van der Waals surface area contributed by atoms with Gasteiger partial charge in [-0.05, 0) is 24.6 Å². The number of hydrogen-bond acceptors (Lipinski definition) is 5. The first kappa shape index (κ1) is 17.3. The summed E-state index contributed by atoms with van der Waals surface area (Å²) < 4.78 is 0. The molecule has 0 aliphatic heterocycles. The number of para-hydroxylation sites is 2. The minimum Gasteiger partial charge on any atom is -0.396 e. The van der Waals surface area contributed by atoms with Gasteiger partial charge in [-0.15, -0.1) is 0 Å². The van der Waals surface area contributed by atoms with Crippen molar-refractivity contribution in [3.8, 4) is 0 Å². The van der Waals surface area contributed by atoms with Crippen LogP contribution in [0.3, 0.4) is 0 Å². The molecule has 0 atom stereocenters. The number of aliphatic hydroxyl groups is 2. The van der Waals surface area contributed by atoms with Crippen molar-refractivity contribution in [2.75, 3.05) is 25.1 Å². The van der Waals surface area contributed by atoms with Crippen molar-refractivity contribution in [1.82, 2.24) is 4.98 Å². The topological polar surface area (TPSA) is 82.5 Å². The number of benzene rings is 2. The third-order valence-corrected chi connectivity index (χ3v) is 4.36. The maximum atomic E-state index is 11.8. The lowest BCUT2D eigenvalue weighted by Gasteiger charge is -2.12. The van der Waals surface area contributed by atoms with Crippen LogP contribution in [0.1, 0.15) is 12.8 Å². The number of aromatic nitrogens is 1. The van der Waals surface area contributed by atoms with Gasteiger partial charge < -0.3 is 15.5 Å². The molecular formula is C20H22N2O3. The zero-order valence-corrected chi connectivity index (χ0v) is 14.0. The number of nitrogens with one attached hydrogen (secondary N) is 1. The highest BCUT2D eigenvalue weighted by Crippen LogP contribution is 2.25.